The van der Waals surface area contributed by atoms with Crippen molar-refractivity contribution in [3.63, 3.8) is 0 Å². The van der Waals surface area contributed by atoms with Crippen molar-refractivity contribution in [3.05, 3.63) is 0 Å². The van der Waals surface area contributed by atoms with Crippen LogP contribution in [0.4, 0.5) is 0 Å². The molecule has 0 amide bonds. The molecule has 0 saturated carbocycles. The Morgan fingerprint density at radius 3 is 2.50 bits per heavy atom. The lowest BCUT2D eigenvalue weighted by molar-refractivity contribution is 0.198. The van der Waals surface area contributed by atoms with Crippen LogP contribution in [0.15, 0.2) is 0 Å². The van der Waals surface area contributed by atoms with Gasteiger partial charge in [0.05, 0.1) is 4.99 Å². The van der Waals surface area contributed by atoms with Gasteiger partial charge in [0.15, 0.2) is 0 Å². The predicted molar refractivity (Wildman–Crippen MR) is 71.1 cm³/mol. The third-order valence-electron chi connectivity index (χ3n) is 2.59. The van der Waals surface area contributed by atoms with Crippen molar-refractivity contribution in [2.24, 2.45) is 5.73 Å². The van der Waals surface area contributed by atoms with Gasteiger partial charge < -0.3 is 5.73 Å². The van der Waals surface area contributed by atoms with Crippen LogP contribution in [0.5, 0.6) is 0 Å². The van der Waals surface area contributed by atoms with E-state index in [4.69, 9.17) is 18.0 Å². The maximum absolute atomic E-state index is 5.58. The highest BCUT2D eigenvalue weighted by Crippen LogP contribution is 2.13. The van der Waals surface area contributed by atoms with E-state index in [1.807, 2.05) is 11.8 Å². The van der Waals surface area contributed by atoms with Crippen molar-refractivity contribution in [1.82, 2.24) is 4.90 Å². The molecule has 2 atom stereocenters. The summed E-state index contributed by atoms with van der Waals surface area (Å²) in [5.74, 6) is 1.16. The van der Waals surface area contributed by atoms with Crippen LogP contribution in [0.25, 0.3) is 0 Å². The SMILES string of the molecule is CCC(CC(N)=S)N(C)C(C)CSC. The number of hydrogen-bond donors (Lipinski definition) is 1. The van der Waals surface area contributed by atoms with Crippen LogP contribution in [-0.2, 0) is 0 Å². The van der Waals surface area contributed by atoms with E-state index in [0.717, 1.165) is 18.6 Å². The summed E-state index contributed by atoms with van der Waals surface area (Å²) in [5.41, 5.74) is 5.58. The molecule has 0 aliphatic heterocycles. The molecule has 0 aliphatic rings. The summed E-state index contributed by atoms with van der Waals surface area (Å²) < 4.78 is 0. The topological polar surface area (TPSA) is 29.3 Å². The molecule has 0 aromatic carbocycles. The molecule has 0 rings (SSSR count). The van der Waals surface area contributed by atoms with Crippen molar-refractivity contribution in [1.29, 1.82) is 0 Å². The van der Waals surface area contributed by atoms with E-state index in [1.165, 1.54) is 0 Å². The summed E-state index contributed by atoms with van der Waals surface area (Å²) in [4.78, 5) is 3.01. The molecule has 0 fully saturated rings. The molecular weight excluding hydrogens is 212 g/mol. The van der Waals surface area contributed by atoms with Gasteiger partial charge in [-0.2, -0.15) is 11.8 Å². The third kappa shape index (κ3) is 5.17. The summed E-state index contributed by atoms with van der Waals surface area (Å²) in [6.07, 6.45) is 4.08. The fraction of sp³-hybridized carbons (Fsp3) is 0.900. The first-order valence-electron chi connectivity index (χ1n) is 5.02. The molecule has 2 nitrogen and oxygen atoms in total. The van der Waals surface area contributed by atoms with Gasteiger partial charge in [-0.3, -0.25) is 4.90 Å². The molecule has 0 radical (unpaired) electrons. The zero-order chi connectivity index (χ0) is 11.1. The van der Waals surface area contributed by atoms with Gasteiger partial charge in [-0.25, -0.2) is 0 Å². The first-order chi connectivity index (χ1) is 6.52. The average Bonchev–Trinajstić information content (AvgIpc) is 2.13. The molecule has 0 aliphatic carbocycles. The summed E-state index contributed by atoms with van der Waals surface area (Å²) in [6, 6.07) is 1.08. The van der Waals surface area contributed by atoms with Gasteiger partial charge in [0.1, 0.15) is 0 Å². The van der Waals surface area contributed by atoms with Gasteiger partial charge in [-0.1, -0.05) is 19.1 Å². The normalized spacial score (nSPS) is 15.5. The fourth-order valence-electron chi connectivity index (χ4n) is 1.53. The second kappa shape index (κ2) is 7.49. The Kier molecular flexibility index (Phi) is 7.59. The monoisotopic (exact) mass is 234 g/mol. The summed E-state index contributed by atoms with van der Waals surface area (Å²) in [7, 11) is 2.16. The summed E-state index contributed by atoms with van der Waals surface area (Å²) >= 11 is 6.83. The standard InChI is InChI=1S/C10H22N2S2/c1-5-9(6-10(11)13)12(3)8(2)7-14-4/h8-9H,5-7H2,1-4H3,(H2,11,13). The Balaban J connectivity index is 4.14. The van der Waals surface area contributed by atoms with Gasteiger partial charge in [-0.15, -0.1) is 0 Å². The number of thioether (sulfide) groups is 1. The van der Waals surface area contributed by atoms with Crippen molar-refractivity contribution in [2.45, 2.75) is 38.8 Å². The second-order valence-corrected chi connectivity index (χ2v) is 5.14. The van der Waals surface area contributed by atoms with E-state index in [0.29, 0.717) is 17.1 Å². The van der Waals surface area contributed by atoms with Crippen LogP contribution in [0, 0.1) is 0 Å². The molecule has 0 aromatic heterocycles. The van der Waals surface area contributed by atoms with Gasteiger partial charge in [0.25, 0.3) is 0 Å². The van der Waals surface area contributed by atoms with Crippen LogP contribution in [0.2, 0.25) is 0 Å². The number of thiocarbonyl (C=S) groups is 1. The molecule has 0 bridgehead atoms. The van der Waals surface area contributed by atoms with E-state index in [2.05, 4.69) is 32.1 Å². The number of rotatable bonds is 7. The molecule has 0 aromatic rings. The van der Waals surface area contributed by atoms with E-state index in [9.17, 15) is 0 Å². The lowest BCUT2D eigenvalue weighted by Crippen LogP contribution is -2.41. The van der Waals surface area contributed by atoms with E-state index in [1.54, 1.807) is 0 Å². The Morgan fingerprint density at radius 2 is 2.14 bits per heavy atom. The number of nitrogens with two attached hydrogens (primary N) is 1. The van der Waals surface area contributed by atoms with Crippen LogP contribution >= 0.6 is 24.0 Å². The zero-order valence-electron chi connectivity index (χ0n) is 9.62. The van der Waals surface area contributed by atoms with Crippen molar-refractivity contribution in [3.8, 4) is 0 Å². The molecule has 84 valence electrons. The van der Waals surface area contributed by atoms with Gasteiger partial charge in [0, 0.05) is 24.3 Å². The first-order valence-corrected chi connectivity index (χ1v) is 6.82. The smallest absolute Gasteiger partial charge is 0.0743 e. The first kappa shape index (κ1) is 14.2. The minimum Gasteiger partial charge on any atom is -0.393 e. The van der Waals surface area contributed by atoms with E-state index in [-0.39, 0.29) is 0 Å². The molecule has 0 heterocycles. The maximum Gasteiger partial charge on any atom is 0.0743 e. The summed E-state index contributed by atoms with van der Waals surface area (Å²) in [5, 5.41) is 0. The Labute approximate surface area is 97.6 Å². The predicted octanol–water partition coefficient (Wildman–Crippen LogP) is 2.12. The highest BCUT2D eigenvalue weighted by molar-refractivity contribution is 7.98. The maximum atomic E-state index is 5.58. The van der Waals surface area contributed by atoms with Gasteiger partial charge >= 0.3 is 0 Å². The molecule has 4 heteroatoms. The lowest BCUT2D eigenvalue weighted by Gasteiger charge is -2.32. The van der Waals surface area contributed by atoms with Crippen molar-refractivity contribution in [2.75, 3.05) is 19.1 Å². The van der Waals surface area contributed by atoms with E-state index < -0.39 is 0 Å². The van der Waals surface area contributed by atoms with Crippen molar-refractivity contribution >= 4 is 29.0 Å². The molecule has 0 saturated heterocycles. The Bertz CT molecular complexity index is 174. The van der Waals surface area contributed by atoms with E-state index >= 15 is 0 Å². The van der Waals surface area contributed by atoms with Crippen LogP contribution in [0.1, 0.15) is 26.7 Å². The number of nitrogens with zero attached hydrogens (tertiary/aromatic N) is 1. The second-order valence-electron chi connectivity index (χ2n) is 3.70. The lowest BCUT2D eigenvalue weighted by atomic mass is 10.1. The molecule has 14 heavy (non-hydrogen) atoms. The van der Waals surface area contributed by atoms with Crippen LogP contribution < -0.4 is 5.73 Å². The fourth-order valence-corrected chi connectivity index (χ4v) is 2.44. The molecular formula is C10H22N2S2. The highest BCUT2D eigenvalue weighted by atomic mass is 32.2. The molecule has 0 spiro atoms. The average molecular weight is 234 g/mol. The van der Waals surface area contributed by atoms with Crippen LogP contribution in [-0.4, -0.2) is 41.0 Å². The van der Waals surface area contributed by atoms with Gasteiger partial charge in [-0.05, 0) is 26.6 Å². The Hall–Kier alpha value is 0.200. The minimum absolute atomic E-state index is 0.495. The summed E-state index contributed by atoms with van der Waals surface area (Å²) in [6.45, 7) is 4.43. The molecule has 2 N–H and O–H groups in total. The number of hydrogen-bond acceptors (Lipinski definition) is 3. The minimum atomic E-state index is 0.495. The van der Waals surface area contributed by atoms with Gasteiger partial charge in [0.2, 0.25) is 0 Å². The van der Waals surface area contributed by atoms with Crippen LogP contribution in [0.3, 0.4) is 0 Å². The molecule has 2 unspecified atom stereocenters. The Morgan fingerprint density at radius 1 is 1.57 bits per heavy atom. The quantitative estimate of drug-likeness (QED) is 0.683. The largest absolute Gasteiger partial charge is 0.393 e. The van der Waals surface area contributed by atoms with Crippen molar-refractivity contribution < 1.29 is 0 Å². The third-order valence-corrected chi connectivity index (χ3v) is 3.57. The highest BCUT2D eigenvalue weighted by Gasteiger charge is 2.18. The zero-order valence-corrected chi connectivity index (χ0v) is 11.3.